The van der Waals surface area contributed by atoms with Crippen LogP contribution in [0.5, 0.6) is 0 Å². The molecule has 3 nitrogen and oxygen atoms in total. The molecule has 0 radical (unpaired) electrons. The zero-order valence-electron chi connectivity index (χ0n) is 11.0. The molecule has 1 unspecified atom stereocenters. The Hall–Kier alpha value is -1.30. The molecule has 1 atom stereocenters. The summed E-state index contributed by atoms with van der Waals surface area (Å²) in [6.07, 6.45) is 1.41. The smallest absolute Gasteiger partial charge is 0.103 e. The van der Waals surface area contributed by atoms with Gasteiger partial charge in [0.25, 0.3) is 0 Å². The molecule has 0 spiro atoms. The minimum atomic E-state index is -0.693. The molecule has 0 saturated carbocycles. The van der Waals surface area contributed by atoms with Crippen LogP contribution >= 0.6 is 31.9 Å². The number of para-hydroxylation sites is 1. The van der Waals surface area contributed by atoms with Crippen molar-refractivity contribution in [3.05, 3.63) is 69.0 Å². The number of aliphatic hydroxyl groups excluding tert-OH is 1. The Kier molecular flexibility index (Phi) is 4.33. The third-order valence-electron chi connectivity index (χ3n) is 3.21. The molecule has 2 aromatic heterocycles. The summed E-state index contributed by atoms with van der Waals surface area (Å²) in [6, 6.07) is 13.8. The maximum Gasteiger partial charge on any atom is 0.103 e. The minimum absolute atomic E-state index is 0.429. The zero-order chi connectivity index (χ0) is 14.8. The fourth-order valence-corrected chi connectivity index (χ4v) is 3.44. The number of halogens is 2. The fraction of sp³-hybridized carbons (Fsp3) is 0.125. The van der Waals surface area contributed by atoms with Crippen LogP contribution in [0.4, 0.5) is 0 Å². The number of aromatic nitrogens is 2. The van der Waals surface area contributed by atoms with E-state index in [0.717, 1.165) is 25.5 Å². The van der Waals surface area contributed by atoms with Crippen LogP contribution in [0.2, 0.25) is 0 Å². The molecular formula is C16H12Br2N2O. The first-order chi connectivity index (χ1) is 10.1. The molecule has 1 N–H and O–H groups in total. The third kappa shape index (κ3) is 3.31. The zero-order valence-corrected chi connectivity index (χ0v) is 14.2. The molecule has 21 heavy (non-hydrogen) atoms. The van der Waals surface area contributed by atoms with Crippen LogP contribution in [0.25, 0.3) is 10.9 Å². The predicted molar refractivity (Wildman–Crippen MR) is 90.0 cm³/mol. The molecule has 0 bridgehead atoms. The van der Waals surface area contributed by atoms with Gasteiger partial charge in [0, 0.05) is 32.6 Å². The minimum Gasteiger partial charge on any atom is -0.386 e. The number of rotatable bonds is 3. The van der Waals surface area contributed by atoms with E-state index < -0.39 is 6.10 Å². The Morgan fingerprint density at radius 2 is 1.90 bits per heavy atom. The summed E-state index contributed by atoms with van der Waals surface area (Å²) < 4.78 is 1.65. The van der Waals surface area contributed by atoms with E-state index in [-0.39, 0.29) is 0 Å². The molecule has 0 aliphatic carbocycles. The van der Waals surface area contributed by atoms with Crippen LogP contribution in [0.1, 0.15) is 17.5 Å². The third-order valence-corrected chi connectivity index (χ3v) is 4.28. The van der Waals surface area contributed by atoms with Crippen LogP contribution in [0.15, 0.2) is 57.6 Å². The van der Waals surface area contributed by atoms with Crippen molar-refractivity contribution >= 4 is 42.8 Å². The second kappa shape index (κ2) is 6.22. The molecule has 0 saturated heterocycles. The van der Waals surface area contributed by atoms with Crippen molar-refractivity contribution in [3.8, 4) is 0 Å². The van der Waals surface area contributed by atoms with Gasteiger partial charge in [-0.2, -0.15) is 0 Å². The van der Waals surface area contributed by atoms with E-state index in [1.54, 1.807) is 6.20 Å². The van der Waals surface area contributed by atoms with Gasteiger partial charge in [-0.15, -0.1) is 0 Å². The van der Waals surface area contributed by atoms with Gasteiger partial charge in [0.15, 0.2) is 0 Å². The van der Waals surface area contributed by atoms with E-state index in [4.69, 9.17) is 0 Å². The Morgan fingerprint density at radius 3 is 2.71 bits per heavy atom. The molecule has 106 valence electrons. The highest BCUT2D eigenvalue weighted by molar-refractivity contribution is 9.11. The van der Waals surface area contributed by atoms with Crippen molar-refractivity contribution in [1.82, 2.24) is 9.97 Å². The summed E-state index contributed by atoms with van der Waals surface area (Å²) in [7, 11) is 0. The van der Waals surface area contributed by atoms with Gasteiger partial charge in [-0.05, 0) is 50.1 Å². The molecule has 0 aliphatic rings. The molecular weight excluding hydrogens is 396 g/mol. The lowest BCUT2D eigenvalue weighted by atomic mass is 10.1. The van der Waals surface area contributed by atoms with E-state index in [9.17, 15) is 5.11 Å². The van der Waals surface area contributed by atoms with Crippen molar-refractivity contribution in [2.24, 2.45) is 0 Å². The summed E-state index contributed by atoms with van der Waals surface area (Å²) in [5, 5.41) is 11.5. The highest BCUT2D eigenvalue weighted by Gasteiger charge is 2.15. The summed E-state index contributed by atoms with van der Waals surface area (Å²) >= 11 is 6.78. The molecule has 3 aromatic rings. The summed E-state index contributed by atoms with van der Waals surface area (Å²) in [5.74, 6) is 0. The number of hydrogen-bond donors (Lipinski definition) is 1. The van der Waals surface area contributed by atoms with Gasteiger partial charge in [-0.3, -0.25) is 9.97 Å². The first-order valence-corrected chi connectivity index (χ1v) is 8.06. The van der Waals surface area contributed by atoms with Gasteiger partial charge >= 0.3 is 0 Å². The second-order valence-electron chi connectivity index (χ2n) is 4.74. The fourth-order valence-electron chi connectivity index (χ4n) is 2.19. The largest absolute Gasteiger partial charge is 0.386 e. The molecule has 0 fully saturated rings. The average Bonchev–Trinajstić information content (AvgIpc) is 2.47. The van der Waals surface area contributed by atoms with E-state index >= 15 is 0 Å². The van der Waals surface area contributed by atoms with E-state index in [0.29, 0.717) is 12.1 Å². The van der Waals surface area contributed by atoms with Gasteiger partial charge in [0.1, 0.15) is 6.10 Å². The molecule has 3 rings (SSSR count). The molecule has 0 aliphatic heterocycles. The quantitative estimate of drug-likeness (QED) is 0.698. The van der Waals surface area contributed by atoms with Crippen LogP contribution in [0.3, 0.4) is 0 Å². The van der Waals surface area contributed by atoms with Crippen LogP contribution in [0, 0.1) is 0 Å². The van der Waals surface area contributed by atoms with Gasteiger partial charge in [0.2, 0.25) is 0 Å². The Balaban J connectivity index is 1.87. The van der Waals surface area contributed by atoms with Gasteiger partial charge in [0.05, 0.1) is 11.2 Å². The second-order valence-corrected chi connectivity index (χ2v) is 6.51. The number of benzene rings is 1. The van der Waals surface area contributed by atoms with Gasteiger partial charge in [-0.1, -0.05) is 24.3 Å². The Bertz CT molecular complexity index is 792. The van der Waals surface area contributed by atoms with Gasteiger partial charge in [-0.25, -0.2) is 0 Å². The average molecular weight is 408 g/mol. The molecule has 5 heteroatoms. The van der Waals surface area contributed by atoms with Crippen molar-refractivity contribution in [1.29, 1.82) is 0 Å². The van der Waals surface area contributed by atoms with E-state index in [1.807, 2.05) is 42.5 Å². The standard InChI is InChI=1S/C16H12Br2N2O/c17-11-7-13(18)16(19-9-11)15(21)8-12-6-5-10-3-1-2-4-14(10)20-12/h1-7,9,15,21H,8H2. The maximum absolute atomic E-state index is 10.4. The topological polar surface area (TPSA) is 46.0 Å². The van der Waals surface area contributed by atoms with Crippen molar-refractivity contribution in [2.75, 3.05) is 0 Å². The first-order valence-electron chi connectivity index (χ1n) is 6.47. The number of hydrogen-bond acceptors (Lipinski definition) is 3. The van der Waals surface area contributed by atoms with Crippen LogP contribution < -0.4 is 0 Å². The van der Waals surface area contributed by atoms with Crippen molar-refractivity contribution in [2.45, 2.75) is 12.5 Å². The normalized spacial score (nSPS) is 12.5. The first kappa shape index (κ1) is 14.6. The van der Waals surface area contributed by atoms with Crippen molar-refractivity contribution in [3.63, 3.8) is 0 Å². The summed E-state index contributed by atoms with van der Waals surface area (Å²) in [4.78, 5) is 8.84. The summed E-state index contributed by atoms with van der Waals surface area (Å²) in [6.45, 7) is 0. The highest BCUT2D eigenvalue weighted by Crippen LogP contribution is 2.26. The van der Waals surface area contributed by atoms with Crippen LogP contribution in [-0.2, 0) is 6.42 Å². The van der Waals surface area contributed by atoms with E-state index in [2.05, 4.69) is 41.8 Å². The Morgan fingerprint density at radius 1 is 1.10 bits per heavy atom. The lowest BCUT2D eigenvalue weighted by Gasteiger charge is -2.12. The van der Waals surface area contributed by atoms with Crippen LogP contribution in [-0.4, -0.2) is 15.1 Å². The number of pyridine rings is 2. The van der Waals surface area contributed by atoms with E-state index in [1.165, 1.54) is 0 Å². The lowest BCUT2D eigenvalue weighted by molar-refractivity contribution is 0.171. The van der Waals surface area contributed by atoms with Gasteiger partial charge < -0.3 is 5.11 Å². The SMILES string of the molecule is OC(Cc1ccc2ccccc2n1)c1ncc(Br)cc1Br. The summed E-state index contributed by atoms with van der Waals surface area (Å²) in [5.41, 5.74) is 2.40. The highest BCUT2D eigenvalue weighted by atomic mass is 79.9. The predicted octanol–water partition coefficient (Wildman–Crippen LogP) is 4.43. The van der Waals surface area contributed by atoms with Crippen molar-refractivity contribution < 1.29 is 5.11 Å². The molecule has 1 aromatic carbocycles. The molecule has 0 amide bonds. The number of nitrogens with zero attached hydrogens (tertiary/aromatic N) is 2. The number of fused-ring (bicyclic) bond motifs is 1. The molecule has 2 heterocycles. The maximum atomic E-state index is 10.4. The Labute approximate surface area is 139 Å². The number of aliphatic hydroxyl groups is 1. The monoisotopic (exact) mass is 406 g/mol. The lowest BCUT2D eigenvalue weighted by Crippen LogP contribution is -2.06.